The van der Waals surface area contributed by atoms with Gasteiger partial charge in [-0.3, -0.25) is 5.73 Å². The van der Waals surface area contributed by atoms with Crippen molar-refractivity contribution in [1.29, 1.82) is 0 Å². The Bertz CT molecular complexity index is 207. The van der Waals surface area contributed by atoms with E-state index in [2.05, 4.69) is 10.2 Å². The minimum atomic E-state index is -1.63. The molecule has 1 saturated heterocycles. The molecule has 6 nitrogen and oxygen atoms in total. The summed E-state index contributed by atoms with van der Waals surface area (Å²) in [5.74, 6) is 0. The van der Waals surface area contributed by atoms with Gasteiger partial charge in [0.1, 0.15) is 12.1 Å². The Morgan fingerprint density at radius 3 is 2.77 bits per heavy atom. The fraction of sp³-hybridized carbons (Fsp3) is 1.00. The lowest BCUT2D eigenvalue weighted by Gasteiger charge is -2.39. The second-order valence-corrected chi connectivity index (χ2v) is 3.26. The first-order valence-corrected chi connectivity index (χ1v) is 4.09. The van der Waals surface area contributed by atoms with Crippen LogP contribution >= 0.6 is 0 Å². The highest BCUT2D eigenvalue weighted by atomic mass is 16.5. The lowest BCUT2D eigenvalue weighted by atomic mass is 9.94. The lowest BCUT2D eigenvalue weighted by Crippen LogP contribution is -2.64. The minimum absolute atomic E-state index is 0.0467. The van der Waals surface area contributed by atoms with Crippen LogP contribution in [-0.2, 0) is 4.74 Å². The highest BCUT2D eigenvalue weighted by Gasteiger charge is 2.45. The van der Waals surface area contributed by atoms with Gasteiger partial charge in [0.15, 0.2) is 5.72 Å². The first kappa shape index (κ1) is 10.5. The van der Waals surface area contributed by atoms with Crippen LogP contribution in [0.3, 0.4) is 0 Å². The van der Waals surface area contributed by atoms with E-state index in [0.717, 1.165) is 0 Å². The Balaban J connectivity index is 2.81. The third-order valence-electron chi connectivity index (χ3n) is 2.13. The Kier molecular flexibility index (Phi) is 2.97. The van der Waals surface area contributed by atoms with Crippen molar-refractivity contribution in [2.75, 3.05) is 13.7 Å². The largest absolute Gasteiger partial charge is 0.388 e. The summed E-state index contributed by atoms with van der Waals surface area (Å²) < 4.78 is 5.06. The van der Waals surface area contributed by atoms with Crippen LogP contribution in [0.25, 0.3) is 0 Å². The number of hydrogen-bond donors (Lipinski definition) is 3. The predicted octanol–water partition coefficient (Wildman–Crippen LogP) is -1.14. The van der Waals surface area contributed by atoms with E-state index in [9.17, 15) is 10.2 Å². The third kappa shape index (κ3) is 2.02. The van der Waals surface area contributed by atoms with E-state index < -0.39 is 17.9 Å². The molecule has 6 heteroatoms. The van der Waals surface area contributed by atoms with Gasteiger partial charge in [-0.1, -0.05) is 0 Å². The van der Waals surface area contributed by atoms with Crippen LogP contribution in [0.2, 0.25) is 0 Å². The fourth-order valence-electron chi connectivity index (χ4n) is 1.29. The maximum Gasteiger partial charge on any atom is 0.164 e. The first-order chi connectivity index (χ1) is 5.99. The SMILES string of the molecule is C/N=N/[C@@H]1C(O)[C@@H](C)OCC1(N)O. The summed E-state index contributed by atoms with van der Waals surface area (Å²) >= 11 is 0. The van der Waals surface area contributed by atoms with Crippen LogP contribution in [0.4, 0.5) is 0 Å². The first-order valence-electron chi connectivity index (χ1n) is 4.09. The van der Waals surface area contributed by atoms with Crippen LogP contribution < -0.4 is 5.73 Å². The Labute approximate surface area is 76.4 Å². The molecule has 0 bridgehead atoms. The van der Waals surface area contributed by atoms with Gasteiger partial charge in [-0.05, 0) is 6.92 Å². The van der Waals surface area contributed by atoms with Crippen molar-refractivity contribution in [1.82, 2.24) is 0 Å². The fourth-order valence-corrected chi connectivity index (χ4v) is 1.29. The molecule has 1 aliphatic heterocycles. The molecule has 0 aromatic rings. The topological polar surface area (TPSA) is 100 Å². The zero-order valence-electron chi connectivity index (χ0n) is 7.71. The molecule has 0 aromatic carbocycles. The van der Waals surface area contributed by atoms with Gasteiger partial charge in [0.05, 0.1) is 12.7 Å². The van der Waals surface area contributed by atoms with Gasteiger partial charge in [-0.2, -0.15) is 10.2 Å². The summed E-state index contributed by atoms with van der Waals surface area (Å²) in [7, 11) is 1.46. The molecule has 1 heterocycles. The summed E-state index contributed by atoms with van der Waals surface area (Å²) in [6.45, 7) is 1.65. The van der Waals surface area contributed by atoms with Crippen molar-refractivity contribution in [2.45, 2.75) is 30.9 Å². The van der Waals surface area contributed by atoms with Crippen LogP contribution in [0.5, 0.6) is 0 Å². The van der Waals surface area contributed by atoms with E-state index in [-0.39, 0.29) is 12.7 Å². The number of nitrogens with two attached hydrogens (primary N) is 1. The summed E-state index contributed by atoms with van der Waals surface area (Å²) in [6.07, 6.45) is -1.31. The van der Waals surface area contributed by atoms with Gasteiger partial charge >= 0.3 is 0 Å². The van der Waals surface area contributed by atoms with Gasteiger partial charge in [0.25, 0.3) is 0 Å². The zero-order chi connectivity index (χ0) is 10.1. The average Bonchev–Trinajstić information content (AvgIpc) is 2.07. The highest BCUT2D eigenvalue weighted by Crippen LogP contribution is 2.22. The molecule has 0 aromatic heterocycles. The minimum Gasteiger partial charge on any atom is -0.388 e. The Morgan fingerprint density at radius 1 is 1.62 bits per heavy atom. The van der Waals surface area contributed by atoms with Crippen molar-refractivity contribution in [3.8, 4) is 0 Å². The standard InChI is InChI=1S/C7H15N3O3/c1-4-5(11)6(10-9-2)7(8,12)3-13-4/h4-6,11-12H,3,8H2,1-2H3/b10-9+/t4-,5?,6-,7?/m1/s1. The van der Waals surface area contributed by atoms with E-state index >= 15 is 0 Å². The van der Waals surface area contributed by atoms with Gasteiger partial charge in [-0.25, -0.2) is 0 Å². The van der Waals surface area contributed by atoms with E-state index in [1.807, 2.05) is 0 Å². The van der Waals surface area contributed by atoms with Crippen LogP contribution in [-0.4, -0.2) is 47.8 Å². The second kappa shape index (κ2) is 3.67. The quantitative estimate of drug-likeness (QED) is 0.358. The molecule has 0 spiro atoms. The molecule has 4 atom stereocenters. The van der Waals surface area contributed by atoms with Crippen LogP contribution in [0.1, 0.15) is 6.92 Å². The average molecular weight is 189 g/mol. The van der Waals surface area contributed by atoms with Crippen molar-refractivity contribution in [3.63, 3.8) is 0 Å². The number of aliphatic hydroxyl groups excluding tert-OH is 1. The Morgan fingerprint density at radius 2 is 2.23 bits per heavy atom. The van der Waals surface area contributed by atoms with Gasteiger partial charge in [0, 0.05) is 7.05 Å². The highest BCUT2D eigenvalue weighted by molar-refractivity contribution is 4.97. The number of nitrogens with zero attached hydrogens (tertiary/aromatic N) is 2. The van der Waals surface area contributed by atoms with Gasteiger partial charge < -0.3 is 14.9 Å². The number of aliphatic hydroxyl groups is 2. The lowest BCUT2D eigenvalue weighted by molar-refractivity contribution is -0.175. The molecular weight excluding hydrogens is 174 g/mol. The molecule has 4 N–H and O–H groups in total. The molecule has 0 amide bonds. The van der Waals surface area contributed by atoms with Crippen LogP contribution in [0.15, 0.2) is 10.2 Å². The normalized spacial score (nSPS) is 47.0. The summed E-state index contributed by atoms with van der Waals surface area (Å²) in [5.41, 5.74) is 3.84. The third-order valence-corrected chi connectivity index (χ3v) is 2.13. The Hall–Kier alpha value is -0.560. The molecule has 1 rings (SSSR count). The van der Waals surface area contributed by atoms with Crippen molar-refractivity contribution < 1.29 is 14.9 Å². The number of azo groups is 1. The second-order valence-electron chi connectivity index (χ2n) is 3.26. The molecular formula is C7H15N3O3. The number of ether oxygens (including phenoxy) is 1. The zero-order valence-corrected chi connectivity index (χ0v) is 7.71. The maximum atomic E-state index is 9.59. The van der Waals surface area contributed by atoms with E-state index in [1.165, 1.54) is 7.05 Å². The molecule has 2 unspecified atom stereocenters. The smallest absolute Gasteiger partial charge is 0.164 e. The summed E-state index contributed by atoms with van der Waals surface area (Å²) in [5, 5.41) is 26.4. The summed E-state index contributed by atoms with van der Waals surface area (Å²) in [4.78, 5) is 0. The van der Waals surface area contributed by atoms with Gasteiger partial charge in [-0.15, -0.1) is 0 Å². The number of rotatable bonds is 1. The van der Waals surface area contributed by atoms with E-state index in [1.54, 1.807) is 6.92 Å². The maximum absolute atomic E-state index is 9.59. The molecule has 13 heavy (non-hydrogen) atoms. The molecule has 0 saturated carbocycles. The molecule has 76 valence electrons. The molecule has 1 fully saturated rings. The van der Waals surface area contributed by atoms with Gasteiger partial charge in [0.2, 0.25) is 0 Å². The molecule has 1 aliphatic rings. The van der Waals surface area contributed by atoms with Crippen molar-refractivity contribution >= 4 is 0 Å². The predicted molar refractivity (Wildman–Crippen MR) is 45.1 cm³/mol. The van der Waals surface area contributed by atoms with Crippen molar-refractivity contribution in [2.24, 2.45) is 16.0 Å². The number of hydrogen-bond acceptors (Lipinski definition) is 6. The van der Waals surface area contributed by atoms with Crippen LogP contribution in [0, 0.1) is 0 Å². The molecule has 0 aliphatic carbocycles. The van der Waals surface area contributed by atoms with Crippen molar-refractivity contribution in [3.05, 3.63) is 0 Å². The summed E-state index contributed by atoms with van der Waals surface area (Å²) in [6, 6.07) is -0.818. The van der Waals surface area contributed by atoms with E-state index in [0.29, 0.717) is 0 Å². The molecule has 0 radical (unpaired) electrons. The monoisotopic (exact) mass is 189 g/mol. The van der Waals surface area contributed by atoms with E-state index in [4.69, 9.17) is 10.5 Å².